The molecule has 0 saturated carbocycles. The zero-order valence-electron chi connectivity index (χ0n) is 44.1. The smallest absolute Gasteiger partial charge is 0.306 e. The van der Waals surface area contributed by atoms with Crippen molar-refractivity contribution in [2.45, 2.75) is 324 Å². The van der Waals surface area contributed by atoms with Gasteiger partial charge >= 0.3 is 17.9 Å². The zero-order chi connectivity index (χ0) is 47.0. The molecule has 0 aliphatic rings. The SMILES string of the molecule is CCC(C)CCCCCCCCCCCCCCCCC(=O)OC[C@H](COC(=O)CCCCCCCCCCC(C)CC)OC(=O)CCCCCCCCCCCCCCCC(C)C. The Labute approximate surface area is 399 Å². The molecule has 0 saturated heterocycles. The van der Waals surface area contributed by atoms with Crippen LogP contribution in [-0.4, -0.2) is 37.2 Å². The van der Waals surface area contributed by atoms with E-state index in [9.17, 15) is 14.4 Å². The highest BCUT2D eigenvalue weighted by atomic mass is 16.6. The van der Waals surface area contributed by atoms with Crippen molar-refractivity contribution in [2.24, 2.45) is 17.8 Å². The van der Waals surface area contributed by atoms with Crippen LogP contribution >= 0.6 is 0 Å². The molecule has 0 aromatic carbocycles. The highest BCUT2D eigenvalue weighted by molar-refractivity contribution is 5.71. The van der Waals surface area contributed by atoms with Gasteiger partial charge in [0.25, 0.3) is 0 Å². The predicted molar refractivity (Wildman–Crippen MR) is 275 cm³/mol. The van der Waals surface area contributed by atoms with E-state index in [2.05, 4.69) is 41.5 Å². The number of esters is 3. The van der Waals surface area contributed by atoms with Crippen molar-refractivity contribution in [2.75, 3.05) is 13.2 Å². The standard InChI is InChI=1S/C58H112O6/c1-7-53(5)45-39-33-27-21-17-13-9-10-14-18-22-29-35-41-47-56(59)62-50-55(51-63-57(60)48-42-36-30-25-24-28-34-40-46-54(6)8-2)64-58(61)49-43-37-31-23-19-15-11-12-16-20-26-32-38-44-52(3)4/h52-55H,7-51H2,1-6H3/t53?,54?,55-/m1/s1. The maximum Gasteiger partial charge on any atom is 0.306 e. The van der Waals surface area contributed by atoms with Gasteiger partial charge in [-0.25, -0.2) is 0 Å². The summed E-state index contributed by atoms with van der Waals surface area (Å²) < 4.78 is 16.9. The number of ether oxygens (including phenoxy) is 3. The van der Waals surface area contributed by atoms with Crippen LogP contribution < -0.4 is 0 Å². The fourth-order valence-electron chi connectivity index (χ4n) is 8.76. The fraction of sp³-hybridized carbons (Fsp3) is 0.948. The molecule has 380 valence electrons. The minimum absolute atomic E-state index is 0.0639. The van der Waals surface area contributed by atoms with Gasteiger partial charge in [0, 0.05) is 19.3 Å². The summed E-state index contributed by atoms with van der Waals surface area (Å²) in [6, 6.07) is 0. The third-order valence-electron chi connectivity index (χ3n) is 13.9. The van der Waals surface area contributed by atoms with Gasteiger partial charge in [0.05, 0.1) is 0 Å². The molecule has 0 aliphatic heterocycles. The molecule has 6 heteroatoms. The maximum absolute atomic E-state index is 12.8. The largest absolute Gasteiger partial charge is 0.462 e. The third kappa shape index (κ3) is 48.3. The van der Waals surface area contributed by atoms with Crippen LogP contribution in [0.4, 0.5) is 0 Å². The summed E-state index contributed by atoms with van der Waals surface area (Å²) >= 11 is 0. The minimum Gasteiger partial charge on any atom is -0.462 e. The second-order valence-corrected chi connectivity index (χ2v) is 20.9. The molecule has 0 heterocycles. The first-order valence-electron chi connectivity index (χ1n) is 28.7. The van der Waals surface area contributed by atoms with Crippen LogP contribution in [0.1, 0.15) is 318 Å². The van der Waals surface area contributed by atoms with Crippen molar-refractivity contribution in [1.82, 2.24) is 0 Å². The monoisotopic (exact) mass is 905 g/mol. The highest BCUT2D eigenvalue weighted by Gasteiger charge is 2.19. The van der Waals surface area contributed by atoms with Gasteiger partial charge in [-0.15, -0.1) is 0 Å². The van der Waals surface area contributed by atoms with Gasteiger partial charge in [-0.3, -0.25) is 14.4 Å². The first-order chi connectivity index (χ1) is 31.2. The van der Waals surface area contributed by atoms with E-state index < -0.39 is 6.10 Å². The van der Waals surface area contributed by atoms with Crippen LogP contribution in [0.2, 0.25) is 0 Å². The maximum atomic E-state index is 12.8. The number of rotatable bonds is 51. The van der Waals surface area contributed by atoms with Crippen LogP contribution in [0.3, 0.4) is 0 Å². The Hall–Kier alpha value is -1.59. The van der Waals surface area contributed by atoms with Gasteiger partial charge in [0.15, 0.2) is 6.10 Å². The number of unbranched alkanes of at least 4 members (excludes halogenated alkanes) is 32. The van der Waals surface area contributed by atoms with Crippen LogP contribution in [0, 0.1) is 17.8 Å². The van der Waals surface area contributed by atoms with Gasteiger partial charge < -0.3 is 14.2 Å². The van der Waals surface area contributed by atoms with Gasteiger partial charge in [-0.2, -0.15) is 0 Å². The van der Waals surface area contributed by atoms with E-state index in [0.29, 0.717) is 19.3 Å². The van der Waals surface area contributed by atoms with Crippen LogP contribution in [-0.2, 0) is 28.6 Å². The van der Waals surface area contributed by atoms with Crippen LogP contribution in [0.15, 0.2) is 0 Å². The molecule has 0 aliphatic carbocycles. The number of hydrogen-bond acceptors (Lipinski definition) is 6. The van der Waals surface area contributed by atoms with Crippen molar-refractivity contribution < 1.29 is 28.6 Å². The summed E-state index contributed by atoms with van der Waals surface area (Å²) in [5, 5.41) is 0. The average Bonchev–Trinajstić information content (AvgIpc) is 3.28. The Morgan fingerprint density at radius 3 is 0.812 bits per heavy atom. The van der Waals surface area contributed by atoms with E-state index in [1.54, 1.807) is 0 Å². The van der Waals surface area contributed by atoms with E-state index in [-0.39, 0.29) is 31.1 Å². The van der Waals surface area contributed by atoms with E-state index in [1.165, 1.54) is 199 Å². The summed E-state index contributed by atoms with van der Waals surface area (Å²) in [4.78, 5) is 38.1. The van der Waals surface area contributed by atoms with Crippen molar-refractivity contribution in [3.05, 3.63) is 0 Å². The lowest BCUT2D eigenvalue weighted by Crippen LogP contribution is -2.30. The molecule has 0 rings (SSSR count). The molecule has 3 atom stereocenters. The quantitative estimate of drug-likeness (QED) is 0.0344. The van der Waals surface area contributed by atoms with Crippen LogP contribution in [0.5, 0.6) is 0 Å². The average molecular weight is 906 g/mol. The fourth-order valence-corrected chi connectivity index (χ4v) is 8.76. The summed E-state index contributed by atoms with van der Waals surface area (Å²) in [6.07, 6.45) is 50.8. The lowest BCUT2D eigenvalue weighted by atomic mass is 9.99. The van der Waals surface area contributed by atoms with Crippen molar-refractivity contribution in [3.63, 3.8) is 0 Å². The molecule has 0 spiro atoms. The molecule has 0 fully saturated rings. The van der Waals surface area contributed by atoms with E-state index in [1.807, 2.05) is 0 Å². The molecule has 0 bridgehead atoms. The Balaban J connectivity index is 4.30. The lowest BCUT2D eigenvalue weighted by molar-refractivity contribution is -0.167. The van der Waals surface area contributed by atoms with Crippen molar-refractivity contribution >= 4 is 17.9 Å². The molecular formula is C58H112O6. The second kappa shape index (κ2) is 49.3. The van der Waals surface area contributed by atoms with E-state index >= 15 is 0 Å². The van der Waals surface area contributed by atoms with E-state index in [0.717, 1.165) is 75.5 Å². The van der Waals surface area contributed by atoms with Gasteiger partial charge in [0.1, 0.15) is 13.2 Å². The molecule has 2 unspecified atom stereocenters. The number of carbonyl (C=O) groups excluding carboxylic acids is 3. The van der Waals surface area contributed by atoms with Gasteiger partial charge in [-0.1, -0.05) is 279 Å². The normalized spacial score (nSPS) is 13.0. The Bertz CT molecular complexity index is 995. The number of carbonyl (C=O) groups is 3. The third-order valence-corrected chi connectivity index (χ3v) is 13.9. The summed E-state index contributed by atoms with van der Waals surface area (Å²) in [5.74, 6) is 1.74. The number of hydrogen-bond donors (Lipinski definition) is 0. The Morgan fingerprint density at radius 1 is 0.312 bits per heavy atom. The van der Waals surface area contributed by atoms with Crippen molar-refractivity contribution in [1.29, 1.82) is 0 Å². The minimum atomic E-state index is -0.764. The Kier molecular flexibility index (Phi) is 48.1. The predicted octanol–water partition coefficient (Wildman–Crippen LogP) is 18.7. The topological polar surface area (TPSA) is 78.9 Å². The molecule has 0 radical (unpaired) electrons. The molecular weight excluding hydrogens is 793 g/mol. The van der Waals surface area contributed by atoms with Gasteiger partial charge in [-0.05, 0) is 37.0 Å². The summed E-state index contributed by atoms with van der Waals surface area (Å²) in [7, 11) is 0. The molecule has 6 nitrogen and oxygen atoms in total. The molecule has 0 N–H and O–H groups in total. The van der Waals surface area contributed by atoms with Gasteiger partial charge in [0.2, 0.25) is 0 Å². The molecule has 0 amide bonds. The van der Waals surface area contributed by atoms with Crippen molar-refractivity contribution in [3.8, 4) is 0 Å². The van der Waals surface area contributed by atoms with E-state index in [4.69, 9.17) is 14.2 Å². The molecule has 0 aromatic rings. The first-order valence-corrected chi connectivity index (χ1v) is 28.7. The summed E-state index contributed by atoms with van der Waals surface area (Å²) in [6.45, 7) is 13.8. The van der Waals surface area contributed by atoms with Crippen LogP contribution in [0.25, 0.3) is 0 Å². The lowest BCUT2D eigenvalue weighted by Gasteiger charge is -2.18. The zero-order valence-corrected chi connectivity index (χ0v) is 44.1. The molecule has 0 aromatic heterocycles. The second-order valence-electron chi connectivity index (χ2n) is 20.9. The summed E-state index contributed by atoms with van der Waals surface area (Å²) in [5.41, 5.74) is 0. The molecule has 64 heavy (non-hydrogen) atoms. The highest BCUT2D eigenvalue weighted by Crippen LogP contribution is 2.19. The Morgan fingerprint density at radius 2 is 0.547 bits per heavy atom. The first kappa shape index (κ1) is 62.4.